The van der Waals surface area contributed by atoms with E-state index in [-0.39, 0.29) is 38.5 Å². The third kappa shape index (κ3) is 5.13. The summed E-state index contributed by atoms with van der Waals surface area (Å²) in [7, 11) is 0. The highest BCUT2D eigenvalue weighted by Crippen LogP contribution is 2.44. The van der Waals surface area contributed by atoms with Crippen molar-refractivity contribution >= 4 is 18.0 Å². The Labute approximate surface area is 202 Å². The van der Waals surface area contributed by atoms with Crippen molar-refractivity contribution in [3.8, 4) is 11.1 Å². The number of alkyl halides is 2. The van der Waals surface area contributed by atoms with Crippen LogP contribution in [0.4, 0.5) is 13.6 Å². The number of amides is 2. The van der Waals surface area contributed by atoms with Crippen LogP contribution in [0.1, 0.15) is 43.2 Å². The van der Waals surface area contributed by atoms with Crippen molar-refractivity contribution in [3.05, 3.63) is 59.7 Å². The maximum absolute atomic E-state index is 13.2. The Bertz CT molecular complexity index is 1070. The van der Waals surface area contributed by atoms with E-state index in [1.54, 1.807) is 6.92 Å². The van der Waals surface area contributed by atoms with Gasteiger partial charge in [0.1, 0.15) is 12.6 Å². The van der Waals surface area contributed by atoms with Gasteiger partial charge in [0.15, 0.2) is 0 Å². The molecule has 1 aliphatic carbocycles. The summed E-state index contributed by atoms with van der Waals surface area (Å²) in [4.78, 5) is 38.3. The first-order chi connectivity index (χ1) is 16.7. The van der Waals surface area contributed by atoms with Gasteiger partial charge in [-0.2, -0.15) is 0 Å². The molecule has 2 N–H and O–H groups in total. The van der Waals surface area contributed by atoms with E-state index in [1.165, 1.54) is 4.90 Å². The van der Waals surface area contributed by atoms with E-state index in [0.29, 0.717) is 0 Å². The fourth-order valence-electron chi connectivity index (χ4n) is 4.84. The third-order valence-corrected chi connectivity index (χ3v) is 7.04. The van der Waals surface area contributed by atoms with E-state index in [1.807, 2.05) is 48.5 Å². The lowest BCUT2D eigenvalue weighted by molar-refractivity contribution is -0.153. The number of nitrogens with zero attached hydrogens (tertiary/aromatic N) is 1. The molecule has 0 saturated carbocycles. The van der Waals surface area contributed by atoms with Crippen molar-refractivity contribution < 1.29 is 33.0 Å². The molecule has 186 valence electrons. The largest absolute Gasteiger partial charge is 0.481 e. The molecule has 2 aromatic rings. The molecule has 1 unspecified atom stereocenters. The van der Waals surface area contributed by atoms with Gasteiger partial charge in [-0.15, -0.1) is 0 Å². The highest BCUT2D eigenvalue weighted by Gasteiger charge is 2.40. The molecule has 1 aliphatic heterocycles. The van der Waals surface area contributed by atoms with Gasteiger partial charge < -0.3 is 20.1 Å². The van der Waals surface area contributed by atoms with Crippen LogP contribution in [0.15, 0.2) is 48.5 Å². The minimum absolute atomic E-state index is 0.00384. The lowest BCUT2D eigenvalue weighted by Crippen LogP contribution is -2.53. The topological polar surface area (TPSA) is 95.9 Å². The number of hydrogen-bond acceptors (Lipinski definition) is 4. The van der Waals surface area contributed by atoms with Gasteiger partial charge >= 0.3 is 12.1 Å². The Morgan fingerprint density at radius 2 is 1.60 bits per heavy atom. The van der Waals surface area contributed by atoms with Crippen LogP contribution in [0.5, 0.6) is 0 Å². The molecule has 0 bridgehead atoms. The Morgan fingerprint density at radius 1 is 1.06 bits per heavy atom. The molecule has 2 aromatic carbocycles. The molecule has 1 fully saturated rings. The number of nitrogens with one attached hydrogen (secondary N) is 1. The molecular formula is C26H28F2N2O5. The van der Waals surface area contributed by atoms with Gasteiger partial charge in [-0.3, -0.25) is 9.59 Å². The second-order valence-electron chi connectivity index (χ2n) is 9.34. The van der Waals surface area contributed by atoms with Crippen LogP contribution in [-0.4, -0.2) is 60.1 Å². The van der Waals surface area contributed by atoms with Crippen molar-refractivity contribution in [2.24, 2.45) is 5.41 Å². The molecule has 0 radical (unpaired) electrons. The van der Waals surface area contributed by atoms with Crippen LogP contribution in [0.3, 0.4) is 0 Å². The molecule has 9 heteroatoms. The second kappa shape index (κ2) is 10.0. The summed E-state index contributed by atoms with van der Waals surface area (Å²) in [5.41, 5.74) is 3.17. The van der Waals surface area contributed by atoms with Crippen LogP contribution in [-0.2, 0) is 14.3 Å². The SMILES string of the molecule is CC1(C(=O)O)CCN(C(=O)C(CC(F)F)NC(=O)OCC2c3ccccc3-c3ccccc32)CC1. The van der Waals surface area contributed by atoms with Crippen LogP contribution in [0.2, 0.25) is 0 Å². The third-order valence-electron chi connectivity index (χ3n) is 7.04. The van der Waals surface area contributed by atoms with Crippen molar-refractivity contribution in [2.75, 3.05) is 19.7 Å². The molecule has 7 nitrogen and oxygen atoms in total. The van der Waals surface area contributed by atoms with E-state index < -0.39 is 42.3 Å². The zero-order valence-electron chi connectivity index (χ0n) is 19.4. The first kappa shape index (κ1) is 24.6. The number of alkyl carbamates (subject to hydrolysis) is 1. The van der Waals surface area contributed by atoms with Crippen molar-refractivity contribution in [2.45, 2.75) is 44.6 Å². The number of piperidine rings is 1. The van der Waals surface area contributed by atoms with Crippen LogP contribution in [0.25, 0.3) is 11.1 Å². The number of carbonyl (C=O) groups is 3. The van der Waals surface area contributed by atoms with E-state index in [9.17, 15) is 28.3 Å². The lowest BCUT2D eigenvalue weighted by atomic mass is 9.80. The summed E-state index contributed by atoms with van der Waals surface area (Å²) in [5, 5.41) is 11.7. The summed E-state index contributed by atoms with van der Waals surface area (Å²) < 4.78 is 31.8. The minimum atomic E-state index is -2.81. The standard InChI is InChI=1S/C26H28F2N2O5/c1-26(24(32)33)10-12-30(13-11-26)23(31)21(14-22(27)28)29-25(34)35-15-20-18-8-4-2-6-16(18)17-7-3-5-9-19(17)20/h2-9,20-22H,10-15H2,1H3,(H,29,34)(H,32,33). The predicted molar refractivity (Wildman–Crippen MR) is 124 cm³/mol. The minimum Gasteiger partial charge on any atom is -0.481 e. The molecule has 2 amide bonds. The zero-order chi connectivity index (χ0) is 25.2. The van der Waals surface area contributed by atoms with Gasteiger partial charge in [-0.1, -0.05) is 48.5 Å². The van der Waals surface area contributed by atoms with Crippen molar-refractivity contribution in [1.29, 1.82) is 0 Å². The summed E-state index contributed by atoms with van der Waals surface area (Å²) >= 11 is 0. The van der Waals surface area contributed by atoms with Gasteiger partial charge in [0.05, 0.1) is 5.41 Å². The van der Waals surface area contributed by atoms with Crippen LogP contribution >= 0.6 is 0 Å². The fraction of sp³-hybridized carbons (Fsp3) is 0.423. The molecule has 0 spiro atoms. The molecule has 35 heavy (non-hydrogen) atoms. The number of carbonyl (C=O) groups excluding carboxylic acids is 2. The van der Waals surface area contributed by atoms with Gasteiger partial charge in [-0.05, 0) is 42.0 Å². The van der Waals surface area contributed by atoms with E-state index in [4.69, 9.17) is 4.74 Å². The van der Waals surface area contributed by atoms with Crippen molar-refractivity contribution in [1.82, 2.24) is 10.2 Å². The van der Waals surface area contributed by atoms with Gasteiger partial charge in [0.25, 0.3) is 0 Å². The van der Waals surface area contributed by atoms with Crippen LogP contribution in [0, 0.1) is 5.41 Å². The first-order valence-corrected chi connectivity index (χ1v) is 11.6. The quantitative estimate of drug-likeness (QED) is 0.610. The van der Waals surface area contributed by atoms with Gasteiger partial charge in [-0.25, -0.2) is 13.6 Å². The van der Waals surface area contributed by atoms with E-state index in [2.05, 4.69) is 5.32 Å². The van der Waals surface area contributed by atoms with E-state index in [0.717, 1.165) is 22.3 Å². The average molecular weight is 487 g/mol. The summed E-state index contributed by atoms with van der Waals surface area (Å²) in [6.45, 7) is 1.83. The number of benzene rings is 2. The zero-order valence-corrected chi connectivity index (χ0v) is 19.4. The second-order valence-corrected chi connectivity index (χ2v) is 9.34. The number of aliphatic carboxylic acids is 1. The van der Waals surface area contributed by atoms with Crippen molar-refractivity contribution in [3.63, 3.8) is 0 Å². The number of carboxylic acid groups (broad SMARTS) is 1. The fourth-order valence-corrected chi connectivity index (χ4v) is 4.84. The maximum Gasteiger partial charge on any atom is 0.407 e. The number of fused-ring (bicyclic) bond motifs is 3. The number of carboxylic acids is 1. The monoisotopic (exact) mass is 486 g/mol. The highest BCUT2D eigenvalue weighted by atomic mass is 19.3. The molecular weight excluding hydrogens is 458 g/mol. The predicted octanol–water partition coefficient (Wildman–Crippen LogP) is 4.26. The van der Waals surface area contributed by atoms with E-state index >= 15 is 0 Å². The summed E-state index contributed by atoms with van der Waals surface area (Å²) in [6, 6.07) is 14.2. The Hall–Kier alpha value is -3.49. The Balaban J connectivity index is 1.40. The number of ether oxygens (including phenoxy) is 1. The van der Waals surface area contributed by atoms with Gasteiger partial charge in [0.2, 0.25) is 12.3 Å². The molecule has 0 aromatic heterocycles. The lowest BCUT2D eigenvalue weighted by Gasteiger charge is -2.37. The summed E-state index contributed by atoms with van der Waals surface area (Å²) in [5.74, 6) is -1.81. The number of likely N-dealkylation sites (tertiary alicyclic amines) is 1. The molecule has 2 aliphatic rings. The maximum atomic E-state index is 13.2. The Morgan fingerprint density at radius 3 is 2.11 bits per heavy atom. The van der Waals surface area contributed by atoms with Gasteiger partial charge in [0, 0.05) is 25.4 Å². The van der Waals surface area contributed by atoms with Crippen LogP contribution < -0.4 is 5.32 Å². The molecule has 1 atom stereocenters. The molecule has 4 rings (SSSR count). The highest BCUT2D eigenvalue weighted by molar-refractivity contribution is 5.86. The Kier molecular flexibility index (Phi) is 7.05. The summed E-state index contributed by atoms with van der Waals surface area (Å²) in [6.07, 6.45) is -4.19. The number of rotatable bonds is 7. The first-order valence-electron chi connectivity index (χ1n) is 11.6. The smallest absolute Gasteiger partial charge is 0.407 e. The normalized spacial score (nSPS) is 17.4. The number of hydrogen-bond donors (Lipinski definition) is 2. The molecule has 1 saturated heterocycles. The molecule has 1 heterocycles. The number of halogens is 2. The average Bonchev–Trinajstić information content (AvgIpc) is 3.16.